The Morgan fingerprint density at radius 1 is 1.14 bits per heavy atom. The van der Waals surface area contributed by atoms with Crippen molar-refractivity contribution in [1.29, 1.82) is 0 Å². The Balaban J connectivity index is 1.72. The third-order valence-electron chi connectivity index (χ3n) is 4.24. The van der Waals surface area contributed by atoms with Crippen LogP contribution < -0.4 is 15.6 Å². The van der Waals surface area contributed by atoms with Gasteiger partial charge in [0.1, 0.15) is 11.4 Å². The molecule has 3 rings (SSSR count). The lowest BCUT2D eigenvalue weighted by Crippen LogP contribution is -2.25. The van der Waals surface area contributed by atoms with Crippen LogP contribution in [0.25, 0.3) is 5.69 Å². The Morgan fingerprint density at radius 3 is 2.39 bits per heavy atom. The van der Waals surface area contributed by atoms with Gasteiger partial charge in [-0.05, 0) is 31.2 Å². The lowest BCUT2D eigenvalue weighted by molar-refractivity contribution is -0.384. The van der Waals surface area contributed by atoms with Gasteiger partial charge in [0.2, 0.25) is 0 Å². The topological polar surface area (TPSA) is 108 Å². The van der Waals surface area contributed by atoms with E-state index in [2.05, 4.69) is 5.32 Å². The van der Waals surface area contributed by atoms with Crippen molar-refractivity contribution in [3.63, 3.8) is 0 Å². The molecular weight excluding hydrogens is 364 g/mol. The molecule has 0 bridgehead atoms. The first-order valence-corrected chi connectivity index (χ1v) is 8.39. The Kier molecular flexibility index (Phi) is 5.25. The fourth-order valence-electron chi connectivity index (χ4n) is 2.70. The molecule has 0 radical (unpaired) electrons. The molecule has 0 aliphatic heterocycles. The minimum atomic E-state index is -0.521. The van der Waals surface area contributed by atoms with Crippen LogP contribution in [0, 0.1) is 17.0 Å². The van der Waals surface area contributed by atoms with Gasteiger partial charge in [0.15, 0.2) is 6.61 Å². The first kappa shape index (κ1) is 18.9. The molecule has 1 aromatic heterocycles. The van der Waals surface area contributed by atoms with Gasteiger partial charge in [-0.1, -0.05) is 18.2 Å². The summed E-state index contributed by atoms with van der Waals surface area (Å²) in [6, 6.07) is 14.5. The number of rotatable bonds is 6. The molecule has 2 aromatic carbocycles. The molecular formula is C19H18N4O5. The summed E-state index contributed by atoms with van der Waals surface area (Å²) in [5.41, 5.74) is 1.02. The number of aromatic nitrogens is 2. The number of hydrogen-bond acceptors (Lipinski definition) is 5. The van der Waals surface area contributed by atoms with E-state index in [4.69, 9.17) is 4.74 Å². The van der Waals surface area contributed by atoms with Crippen LogP contribution in [0.2, 0.25) is 0 Å². The Hall–Kier alpha value is -3.88. The van der Waals surface area contributed by atoms with E-state index in [9.17, 15) is 19.7 Å². The molecule has 0 spiro atoms. The average molecular weight is 382 g/mol. The summed E-state index contributed by atoms with van der Waals surface area (Å²) < 4.78 is 8.44. The molecule has 9 nitrogen and oxygen atoms in total. The van der Waals surface area contributed by atoms with Crippen molar-refractivity contribution in [1.82, 2.24) is 9.36 Å². The number of carbonyl (C=O) groups is 1. The Bertz CT molecular complexity index is 1070. The molecule has 0 saturated carbocycles. The van der Waals surface area contributed by atoms with Gasteiger partial charge in [0.05, 0.1) is 16.3 Å². The van der Waals surface area contributed by atoms with Gasteiger partial charge in [-0.25, -0.2) is 4.68 Å². The molecule has 0 fully saturated rings. The predicted octanol–water partition coefficient (Wildman–Crippen LogP) is 2.41. The third kappa shape index (κ3) is 3.78. The molecule has 0 unspecified atom stereocenters. The first-order valence-electron chi connectivity index (χ1n) is 8.39. The minimum Gasteiger partial charge on any atom is -0.484 e. The Morgan fingerprint density at radius 2 is 1.79 bits per heavy atom. The van der Waals surface area contributed by atoms with Crippen LogP contribution in [-0.2, 0) is 11.8 Å². The summed E-state index contributed by atoms with van der Waals surface area (Å²) in [4.78, 5) is 35.1. The normalized spacial score (nSPS) is 10.5. The van der Waals surface area contributed by atoms with Crippen LogP contribution in [0.3, 0.4) is 0 Å². The fourth-order valence-corrected chi connectivity index (χ4v) is 2.70. The fraction of sp³-hybridized carbons (Fsp3) is 0.158. The number of para-hydroxylation sites is 1. The number of nitro groups is 1. The summed E-state index contributed by atoms with van der Waals surface area (Å²) in [6.07, 6.45) is 0. The van der Waals surface area contributed by atoms with Gasteiger partial charge in [-0.3, -0.25) is 24.4 Å². The SMILES string of the molecule is Cc1c(NC(=O)COc2ccc([N+](=O)[O-])cc2)c(=O)n(-c2ccccc2)n1C. The van der Waals surface area contributed by atoms with Crippen LogP contribution >= 0.6 is 0 Å². The molecule has 144 valence electrons. The van der Waals surface area contributed by atoms with Crippen LogP contribution in [0.5, 0.6) is 5.75 Å². The summed E-state index contributed by atoms with van der Waals surface area (Å²) >= 11 is 0. The smallest absolute Gasteiger partial charge is 0.295 e. The minimum absolute atomic E-state index is 0.0711. The molecule has 0 atom stereocenters. The van der Waals surface area contributed by atoms with Gasteiger partial charge in [-0.2, -0.15) is 0 Å². The van der Waals surface area contributed by atoms with Crippen molar-refractivity contribution in [2.45, 2.75) is 6.92 Å². The van der Waals surface area contributed by atoms with Gasteiger partial charge >= 0.3 is 0 Å². The van der Waals surface area contributed by atoms with E-state index in [1.165, 1.54) is 28.9 Å². The number of anilines is 1. The highest BCUT2D eigenvalue weighted by molar-refractivity contribution is 5.92. The maximum atomic E-state index is 12.7. The molecule has 1 heterocycles. The average Bonchev–Trinajstić information content (AvgIpc) is 2.90. The van der Waals surface area contributed by atoms with Crippen molar-refractivity contribution in [2.24, 2.45) is 7.05 Å². The van der Waals surface area contributed by atoms with E-state index in [0.29, 0.717) is 17.1 Å². The van der Waals surface area contributed by atoms with E-state index >= 15 is 0 Å². The van der Waals surface area contributed by atoms with Crippen molar-refractivity contribution in [2.75, 3.05) is 11.9 Å². The second kappa shape index (κ2) is 7.78. The van der Waals surface area contributed by atoms with E-state index in [-0.39, 0.29) is 23.5 Å². The van der Waals surface area contributed by atoms with Crippen molar-refractivity contribution in [3.05, 3.63) is 80.8 Å². The summed E-state index contributed by atoms with van der Waals surface area (Å²) in [6.45, 7) is 1.39. The van der Waals surface area contributed by atoms with Crippen LogP contribution in [-0.4, -0.2) is 26.8 Å². The number of hydrogen-bond donors (Lipinski definition) is 1. The maximum absolute atomic E-state index is 12.7. The molecule has 0 saturated heterocycles. The van der Waals surface area contributed by atoms with Crippen LogP contribution in [0.1, 0.15) is 5.69 Å². The van der Waals surface area contributed by atoms with Crippen molar-refractivity contribution in [3.8, 4) is 11.4 Å². The van der Waals surface area contributed by atoms with E-state index < -0.39 is 10.8 Å². The number of ether oxygens (including phenoxy) is 1. The summed E-state index contributed by atoms with van der Waals surface area (Å²) in [5.74, 6) is -0.198. The highest BCUT2D eigenvalue weighted by Crippen LogP contribution is 2.18. The number of carbonyl (C=O) groups excluding carboxylic acids is 1. The lowest BCUT2D eigenvalue weighted by atomic mass is 10.3. The molecule has 0 aliphatic rings. The highest BCUT2D eigenvalue weighted by atomic mass is 16.6. The number of benzene rings is 2. The summed E-state index contributed by atoms with van der Waals surface area (Å²) in [5, 5.41) is 13.2. The van der Waals surface area contributed by atoms with Crippen LogP contribution in [0.15, 0.2) is 59.4 Å². The lowest BCUT2D eigenvalue weighted by Gasteiger charge is -2.07. The zero-order chi connectivity index (χ0) is 20.3. The van der Waals surface area contributed by atoms with Gasteiger partial charge in [-0.15, -0.1) is 0 Å². The van der Waals surface area contributed by atoms with E-state index in [0.717, 1.165) is 0 Å². The third-order valence-corrected chi connectivity index (χ3v) is 4.24. The van der Waals surface area contributed by atoms with Gasteiger partial charge in [0, 0.05) is 19.2 Å². The number of nitrogens with one attached hydrogen (secondary N) is 1. The molecule has 3 aromatic rings. The second-order valence-electron chi connectivity index (χ2n) is 6.02. The van der Waals surface area contributed by atoms with Gasteiger partial charge in [0.25, 0.3) is 17.2 Å². The largest absolute Gasteiger partial charge is 0.484 e. The predicted molar refractivity (Wildman–Crippen MR) is 103 cm³/mol. The molecule has 9 heteroatoms. The van der Waals surface area contributed by atoms with Crippen molar-refractivity contribution >= 4 is 17.3 Å². The molecule has 28 heavy (non-hydrogen) atoms. The number of amides is 1. The quantitative estimate of drug-likeness (QED) is 0.520. The highest BCUT2D eigenvalue weighted by Gasteiger charge is 2.18. The zero-order valence-electron chi connectivity index (χ0n) is 15.3. The molecule has 0 aliphatic carbocycles. The number of non-ortho nitro benzene ring substituents is 1. The van der Waals surface area contributed by atoms with Crippen LogP contribution in [0.4, 0.5) is 11.4 Å². The maximum Gasteiger partial charge on any atom is 0.295 e. The standard InChI is InChI=1S/C19H18N4O5/c1-13-18(19(25)22(21(13)2)14-6-4-3-5-7-14)20-17(24)12-28-16-10-8-15(9-11-16)23(26)27/h3-11H,12H2,1-2H3,(H,20,24). The second-order valence-corrected chi connectivity index (χ2v) is 6.02. The molecule has 1 amide bonds. The van der Waals surface area contributed by atoms with E-state index in [1.807, 2.05) is 18.2 Å². The number of nitrogens with zero attached hydrogens (tertiary/aromatic N) is 3. The van der Waals surface area contributed by atoms with E-state index in [1.54, 1.807) is 30.8 Å². The summed E-state index contributed by atoms with van der Waals surface area (Å²) in [7, 11) is 1.73. The van der Waals surface area contributed by atoms with Crippen molar-refractivity contribution < 1.29 is 14.5 Å². The monoisotopic (exact) mass is 382 g/mol. The zero-order valence-corrected chi connectivity index (χ0v) is 15.3. The van der Waals surface area contributed by atoms with Gasteiger partial charge < -0.3 is 10.1 Å². The first-order chi connectivity index (χ1) is 13.4. The molecule has 1 N–H and O–H groups in total. The Labute approximate surface area is 159 Å². The number of nitro benzene ring substituents is 1.